The molecular formula is C22H24N2O5. The Hall–Kier alpha value is -3.35. The largest absolute Gasteiger partial charge is 0.496 e. The molecule has 2 amide bonds. The fourth-order valence-corrected chi connectivity index (χ4v) is 3.73. The van der Waals surface area contributed by atoms with E-state index in [0.29, 0.717) is 12.1 Å². The molecule has 0 aromatic heterocycles. The van der Waals surface area contributed by atoms with E-state index in [9.17, 15) is 19.5 Å². The smallest absolute Gasteiger partial charge is 0.339 e. The van der Waals surface area contributed by atoms with Crippen LogP contribution in [0.25, 0.3) is 0 Å². The van der Waals surface area contributed by atoms with Gasteiger partial charge in [0.05, 0.1) is 19.6 Å². The molecule has 1 atom stereocenters. The zero-order valence-electron chi connectivity index (χ0n) is 16.5. The van der Waals surface area contributed by atoms with Crippen molar-refractivity contribution < 1.29 is 24.2 Å². The second-order valence-corrected chi connectivity index (χ2v) is 7.00. The van der Waals surface area contributed by atoms with E-state index in [1.54, 1.807) is 17.0 Å². The van der Waals surface area contributed by atoms with Gasteiger partial charge in [0.25, 0.3) is 0 Å². The van der Waals surface area contributed by atoms with Gasteiger partial charge in [-0.1, -0.05) is 30.3 Å². The summed E-state index contributed by atoms with van der Waals surface area (Å²) in [5.41, 5.74) is 2.86. The van der Waals surface area contributed by atoms with Crippen LogP contribution >= 0.6 is 0 Å². The minimum atomic E-state index is -1.09. The normalized spacial score (nSPS) is 15.4. The maximum absolute atomic E-state index is 12.6. The second-order valence-electron chi connectivity index (χ2n) is 7.00. The highest BCUT2D eigenvalue weighted by molar-refractivity contribution is 5.91. The highest BCUT2D eigenvalue weighted by atomic mass is 16.5. The van der Waals surface area contributed by atoms with Crippen LogP contribution in [0.2, 0.25) is 0 Å². The molecule has 0 unspecified atom stereocenters. The van der Waals surface area contributed by atoms with Crippen LogP contribution in [-0.2, 0) is 22.6 Å². The number of ether oxygens (including phenoxy) is 1. The molecule has 2 N–H and O–H groups in total. The van der Waals surface area contributed by atoms with Crippen LogP contribution < -0.4 is 10.1 Å². The number of hydrogen-bond donors (Lipinski definition) is 2. The Labute approximate surface area is 169 Å². The van der Waals surface area contributed by atoms with Crippen LogP contribution in [-0.4, -0.2) is 41.4 Å². The Morgan fingerprint density at radius 3 is 2.66 bits per heavy atom. The van der Waals surface area contributed by atoms with Crippen LogP contribution in [0.1, 0.15) is 46.4 Å². The van der Waals surface area contributed by atoms with Crippen molar-refractivity contribution >= 4 is 17.8 Å². The summed E-state index contributed by atoms with van der Waals surface area (Å²) < 4.78 is 5.05. The first kappa shape index (κ1) is 20.4. The molecule has 2 aromatic rings. The number of amides is 2. The van der Waals surface area contributed by atoms with Gasteiger partial charge in [-0.25, -0.2) is 4.79 Å². The van der Waals surface area contributed by atoms with E-state index in [2.05, 4.69) is 5.32 Å². The molecule has 0 aliphatic carbocycles. The van der Waals surface area contributed by atoms with Gasteiger partial charge in [0.1, 0.15) is 11.3 Å². The third-order valence-corrected chi connectivity index (χ3v) is 5.18. The Bertz CT molecular complexity index is 941. The fourth-order valence-electron chi connectivity index (χ4n) is 3.73. The lowest BCUT2D eigenvalue weighted by molar-refractivity contribution is -0.133. The van der Waals surface area contributed by atoms with Crippen LogP contribution in [0.3, 0.4) is 0 Å². The van der Waals surface area contributed by atoms with Gasteiger partial charge >= 0.3 is 5.97 Å². The van der Waals surface area contributed by atoms with Gasteiger partial charge in [-0.2, -0.15) is 0 Å². The van der Waals surface area contributed by atoms with Gasteiger partial charge in [-0.05, 0) is 35.2 Å². The highest BCUT2D eigenvalue weighted by Crippen LogP contribution is 2.32. The van der Waals surface area contributed by atoms with E-state index in [4.69, 9.17) is 4.74 Å². The Morgan fingerprint density at radius 2 is 1.97 bits per heavy atom. The predicted molar refractivity (Wildman–Crippen MR) is 107 cm³/mol. The monoisotopic (exact) mass is 396 g/mol. The van der Waals surface area contributed by atoms with Crippen molar-refractivity contribution in [3.8, 4) is 5.75 Å². The Kier molecular flexibility index (Phi) is 6.16. The number of carboxylic acids is 1. The van der Waals surface area contributed by atoms with Crippen molar-refractivity contribution in [1.82, 2.24) is 10.2 Å². The summed E-state index contributed by atoms with van der Waals surface area (Å²) in [7, 11) is 1.41. The average Bonchev–Trinajstić information content (AvgIpc) is 2.72. The Morgan fingerprint density at radius 1 is 1.21 bits per heavy atom. The molecule has 0 spiro atoms. The molecular weight excluding hydrogens is 372 g/mol. The lowest BCUT2D eigenvalue weighted by Gasteiger charge is -2.36. The number of rotatable bonds is 6. The molecule has 0 saturated heterocycles. The van der Waals surface area contributed by atoms with E-state index >= 15 is 0 Å². The molecule has 0 fully saturated rings. The number of methoxy groups -OCH3 is 1. The highest BCUT2D eigenvalue weighted by Gasteiger charge is 2.30. The van der Waals surface area contributed by atoms with Crippen molar-refractivity contribution in [3.05, 3.63) is 64.7 Å². The third-order valence-electron chi connectivity index (χ3n) is 5.18. The zero-order chi connectivity index (χ0) is 21.0. The van der Waals surface area contributed by atoms with E-state index in [1.165, 1.54) is 20.1 Å². The van der Waals surface area contributed by atoms with Crippen LogP contribution in [0.15, 0.2) is 42.5 Å². The molecule has 1 aliphatic heterocycles. The van der Waals surface area contributed by atoms with Gasteiger partial charge in [-0.15, -0.1) is 0 Å². The number of fused-ring (bicyclic) bond motifs is 1. The maximum atomic E-state index is 12.6. The lowest BCUT2D eigenvalue weighted by Crippen LogP contribution is -2.41. The fraction of sp³-hybridized carbons (Fsp3) is 0.318. The number of nitrogens with one attached hydrogen (secondary N) is 1. The summed E-state index contributed by atoms with van der Waals surface area (Å²) in [5, 5.41) is 12.1. The molecule has 3 rings (SSSR count). The van der Waals surface area contributed by atoms with Crippen LogP contribution in [0.5, 0.6) is 5.75 Å². The van der Waals surface area contributed by atoms with Gasteiger partial charge in [0.15, 0.2) is 0 Å². The van der Waals surface area contributed by atoms with E-state index < -0.39 is 5.97 Å². The lowest BCUT2D eigenvalue weighted by atomic mass is 9.90. The van der Waals surface area contributed by atoms with Crippen LogP contribution in [0.4, 0.5) is 0 Å². The van der Waals surface area contributed by atoms with Crippen molar-refractivity contribution in [1.29, 1.82) is 0 Å². The summed E-state index contributed by atoms with van der Waals surface area (Å²) >= 11 is 0. The zero-order valence-corrected chi connectivity index (χ0v) is 16.5. The molecule has 2 aromatic carbocycles. The molecule has 7 heteroatoms. The number of hydrogen-bond acceptors (Lipinski definition) is 4. The molecule has 29 heavy (non-hydrogen) atoms. The predicted octanol–water partition coefficient (Wildman–Crippen LogP) is 2.55. The number of carbonyl (C=O) groups excluding carboxylic acids is 2. The number of carbonyl (C=O) groups is 3. The van der Waals surface area contributed by atoms with Gasteiger partial charge < -0.3 is 20.1 Å². The standard InChI is InChI=1S/C22H24N2O5/c1-14(25)24-10-9-16-5-3-4-6-17(16)19(24)12-21(26)23-13-15-7-8-20(29-2)18(11-15)22(27)28/h3-8,11,19H,9-10,12-13H2,1-2H3,(H,23,26)(H,27,28)/t19-/m0/s1. The summed E-state index contributed by atoms with van der Waals surface area (Å²) in [4.78, 5) is 37.8. The van der Waals surface area contributed by atoms with E-state index in [1.807, 2.05) is 24.3 Å². The van der Waals surface area contributed by atoms with Crippen molar-refractivity contribution in [2.45, 2.75) is 32.4 Å². The SMILES string of the molecule is COc1ccc(CNC(=O)C[C@H]2c3ccccc3CCN2C(C)=O)cc1C(=O)O. The summed E-state index contributed by atoms with van der Waals surface area (Å²) in [6.07, 6.45) is 0.927. The van der Waals surface area contributed by atoms with Crippen LogP contribution in [0, 0.1) is 0 Å². The molecule has 0 saturated carbocycles. The number of nitrogens with zero attached hydrogens (tertiary/aromatic N) is 1. The van der Waals surface area contributed by atoms with E-state index in [0.717, 1.165) is 17.5 Å². The minimum absolute atomic E-state index is 0.0446. The molecule has 0 bridgehead atoms. The summed E-state index contributed by atoms with van der Waals surface area (Å²) in [6, 6.07) is 12.3. The molecule has 152 valence electrons. The second kappa shape index (κ2) is 8.77. The average molecular weight is 396 g/mol. The Balaban J connectivity index is 1.71. The quantitative estimate of drug-likeness (QED) is 0.782. The van der Waals surface area contributed by atoms with Gasteiger partial charge in [-0.3, -0.25) is 9.59 Å². The maximum Gasteiger partial charge on any atom is 0.339 e. The first-order valence-electron chi connectivity index (χ1n) is 9.42. The first-order valence-corrected chi connectivity index (χ1v) is 9.42. The summed E-state index contributed by atoms with van der Waals surface area (Å²) in [5.74, 6) is -1.08. The van der Waals surface area contributed by atoms with Crippen molar-refractivity contribution in [2.75, 3.05) is 13.7 Å². The van der Waals surface area contributed by atoms with E-state index in [-0.39, 0.29) is 42.1 Å². The number of aromatic carboxylic acids is 1. The molecule has 0 radical (unpaired) electrons. The first-order chi connectivity index (χ1) is 13.9. The third kappa shape index (κ3) is 4.56. The molecule has 1 heterocycles. The minimum Gasteiger partial charge on any atom is -0.496 e. The van der Waals surface area contributed by atoms with Crippen molar-refractivity contribution in [2.24, 2.45) is 0 Å². The molecule has 7 nitrogen and oxygen atoms in total. The molecule has 1 aliphatic rings. The van der Waals surface area contributed by atoms with Gasteiger partial charge in [0.2, 0.25) is 11.8 Å². The number of benzene rings is 2. The summed E-state index contributed by atoms with van der Waals surface area (Å²) in [6.45, 7) is 2.30. The topological polar surface area (TPSA) is 95.9 Å². The number of carboxylic acid groups (broad SMARTS) is 1. The van der Waals surface area contributed by atoms with Gasteiger partial charge in [0, 0.05) is 20.0 Å². The van der Waals surface area contributed by atoms with Crippen molar-refractivity contribution in [3.63, 3.8) is 0 Å².